The average molecular weight is 211 g/mol. The summed E-state index contributed by atoms with van der Waals surface area (Å²) in [5, 5.41) is 6.29. The van der Waals surface area contributed by atoms with E-state index in [1.165, 1.54) is 0 Å². The molecule has 2 heterocycles. The van der Waals surface area contributed by atoms with Gasteiger partial charge in [-0.15, -0.1) is 0 Å². The predicted octanol–water partition coefficient (Wildman–Crippen LogP) is 1.81. The van der Waals surface area contributed by atoms with Crippen LogP contribution in [0.25, 0.3) is 21.8 Å². The zero-order valence-electron chi connectivity index (χ0n) is 9.15. The summed E-state index contributed by atoms with van der Waals surface area (Å²) >= 11 is 0. The smallest absolute Gasteiger partial charge is 0.150 e. The third-order valence-electron chi connectivity index (χ3n) is 2.79. The Hall–Kier alpha value is -2.10. The summed E-state index contributed by atoms with van der Waals surface area (Å²) in [6, 6.07) is 7.11. The minimum atomic E-state index is 0.521. The standard InChI is InChI=1S/C12H11N4/c1-7-3-4-8-9-6-14-16(2)11(9)12(13)15-10(8)5-7/h4-6H,1-2H3,(H2,13,15). The lowest BCUT2D eigenvalue weighted by Crippen LogP contribution is -1.98. The Morgan fingerprint density at radius 3 is 3.00 bits per heavy atom. The van der Waals surface area contributed by atoms with Crippen molar-refractivity contribution < 1.29 is 0 Å². The van der Waals surface area contributed by atoms with Crippen molar-refractivity contribution in [3.05, 3.63) is 30.0 Å². The number of nitrogen functional groups attached to an aromatic ring is 1. The monoisotopic (exact) mass is 211 g/mol. The van der Waals surface area contributed by atoms with Crippen LogP contribution in [-0.4, -0.2) is 14.8 Å². The van der Waals surface area contributed by atoms with Gasteiger partial charge in [-0.3, -0.25) is 4.68 Å². The van der Waals surface area contributed by atoms with Crippen molar-refractivity contribution in [3.8, 4) is 0 Å². The SMILES string of the molecule is Cc1[c]cc2c(c1)nc(N)c1c2cnn1C. The third-order valence-corrected chi connectivity index (χ3v) is 2.79. The van der Waals surface area contributed by atoms with Crippen molar-refractivity contribution in [2.75, 3.05) is 5.73 Å². The second-order valence-electron chi connectivity index (χ2n) is 3.94. The van der Waals surface area contributed by atoms with Crippen molar-refractivity contribution in [1.29, 1.82) is 0 Å². The van der Waals surface area contributed by atoms with Gasteiger partial charge < -0.3 is 5.73 Å². The highest BCUT2D eigenvalue weighted by molar-refractivity contribution is 6.08. The predicted molar refractivity (Wildman–Crippen MR) is 64.0 cm³/mol. The quantitative estimate of drug-likeness (QED) is 0.617. The molecular formula is C12H11N4. The number of hydrogen-bond acceptors (Lipinski definition) is 3. The summed E-state index contributed by atoms with van der Waals surface area (Å²) in [6.07, 6.45) is 1.82. The maximum Gasteiger partial charge on any atom is 0.150 e. The molecule has 0 bridgehead atoms. The van der Waals surface area contributed by atoms with E-state index in [-0.39, 0.29) is 0 Å². The molecule has 0 spiro atoms. The van der Waals surface area contributed by atoms with Crippen LogP contribution in [0.1, 0.15) is 5.56 Å². The molecule has 0 saturated carbocycles. The van der Waals surface area contributed by atoms with Crippen LogP contribution in [0, 0.1) is 13.0 Å². The van der Waals surface area contributed by atoms with Crippen LogP contribution in [0.5, 0.6) is 0 Å². The van der Waals surface area contributed by atoms with Crippen molar-refractivity contribution in [2.24, 2.45) is 7.05 Å². The molecule has 2 aromatic heterocycles. The molecule has 3 rings (SSSR count). The van der Waals surface area contributed by atoms with Gasteiger partial charge in [0.25, 0.3) is 0 Å². The van der Waals surface area contributed by atoms with Crippen molar-refractivity contribution >= 4 is 27.6 Å². The number of aromatic nitrogens is 3. The highest BCUT2D eigenvalue weighted by Crippen LogP contribution is 2.27. The molecule has 2 N–H and O–H groups in total. The van der Waals surface area contributed by atoms with Crippen LogP contribution >= 0.6 is 0 Å². The average Bonchev–Trinajstić information content (AvgIpc) is 2.61. The summed E-state index contributed by atoms with van der Waals surface area (Å²) in [5.41, 5.74) is 8.77. The number of nitrogens with two attached hydrogens (primary N) is 1. The molecule has 0 unspecified atom stereocenters. The lowest BCUT2D eigenvalue weighted by Gasteiger charge is -2.03. The number of aryl methyl sites for hydroxylation is 2. The maximum atomic E-state index is 5.94. The fraction of sp³-hybridized carbons (Fsp3) is 0.167. The van der Waals surface area contributed by atoms with E-state index in [1.807, 2.05) is 32.3 Å². The molecule has 1 aromatic carbocycles. The molecule has 0 fully saturated rings. The summed E-state index contributed by atoms with van der Waals surface area (Å²) in [6.45, 7) is 1.99. The summed E-state index contributed by atoms with van der Waals surface area (Å²) in [5.74, 6) is 0.521. The van der Waals surface area contributed by atoms with Crippen LogP contribution < -0.4 is 5.73 Å². The molecule has 0 saturated heterocycles. The van der Waals surface area contributed by atoms with Crippen molar-refractivity contribution in [2.45, 2.75) is 6.92 Å². The van der Waals surface area contributed by atoms with Gasteiger partial charge in [-0.25, -0.2) is 4.98 Å². The number of rotatable bonds is 0. The fourth-order valence-electron chi connectivity index (χ4n) is 2.01. The summed E-state index contributed by atoms with van der Waals surface area (Å²) in [4.78, 5) is 4.39. The molecule has 0 amide bonds. The van der Waals surface area contributed by atoms with Gasteiger partial charge in [-0.2, -0.15) is 5.10 Å². The molecule has 0 aliphatic heterocycles. The van der Waals surface area contributed by atoms with Gasteiger partial charge in [0.15, 0.2) is 0 Å². The zero-order chi connectivity index (χ0) is 11.3. The second kappa shape index (κ2) is 2.95. The van der Waals surface area contributed by atoms with E-state index in [0.717, 1.165) is 27.4 Å². The molecule has 16 heavy (non-hydrogen) atoms. The van der Waals surface area contributed by atoms with Gasteiger partial charge in [-0.05, 0) is 30.7 Å². The van der Waals surface area contributed by atoms with Gasteiger partial charge in [0.05, 0.1) is 11.7 Å². The molecule has 79 valence electrons. The first-order chi connectivity index (χ1) is 7.66. The molecule has 3 aromatic rings. The number of hydrogen-bond donors (Lipinski definition) is 1. The Bertz CT molecular complexity index is 697. The minimum Gasteiger partial charge on any atom is -0.382 e. The van der Waals surface area contributed by atoms with E-state index in [0.29, 0.717) is 5.82 Å². The highest BCUT2D eigenvalue weighted by Gasteiger charge is 2.09. The molecule has 0 aliphatic rings. The Morgan fingerprint density at radius 2 is 2.19 bits per heavy atom. The third kappa shape index (κ3) is 1.10. The fourth-order valence-corrected chi connectivity index (χ4v) is 2.01. The lowest BCUT2D eigenvalue weighted by molar-refractivity contribution is 0.797. The molecular weight excluding hydrogens is 200 g/mol. The van der Waals surface area contributed by atoms with Gasteiger partial charge in [0.2, 0.25) is 0 Å². The van der Waals surface area contributed by atoms with Gasteiger partial charge in [0, 0.05) is 17.8 Å². The number of benzene rings is 1. The van der Waals surface area contributed by atoms with Crippen LogP contribution in [-0.2, 0) is 7.05 Å². The number of anilines is 1. The van der Waals surface area contributed by atoms with E-state index < -0.39 is 0 Å². The van der Waals surface area contributed by atoms with E-state index in [4.69, 9.17) is 5.73 Å². The van der Waals surface area contributed by atoms with E-state index >= 15 is 0 Å². The lowest BCUT2D eigenvalue weighted by atomic mass is 10.1. The van der Waals surface area contributed by atoms with Crippen LogP contribution in [0.3, 0.4) is 0 Å². The Labute approximate surface area is 92.7 Å². The van der Waals surface area contributed by atoms with Gasteiger partial charge in [-0.1, -0.05) is 0 Å². The number of fused-ring (bicyclic) bond motifs is 3. The summed E-state index contributed by atoms with van der Waals surface area (Å²) in [7, 11) is 1.87. The second-order valence-corrected chi connectivity index (χ2v) is 3.94. The normalized spacial score (nSPS) is 11.4. The molecule has 4 nitrogen and oxygen atoms in total. The molecule has 4 heteroatoms. The first kappa shape index (κ1) is 9.15. The Balaban J connectivity index is 2.59. The number of pyridine rings is 1. The largest absolute Gasteiger partial charge is 0.382 e. The van der Waals surface area contributed by atoms with Crippen LogP contribution in [0.2, 0.25) is 0 Å². The maximum absolute atomic E-state index is 5.94. The van der Waals surface area contributed by atoms with E-state index in [1.54, 1.807) is 4.68 Å². The van der Waals surface area contributed by atoms with Crippen LogP contribution in [0.15, 0.2) is 18.3 Å². The molecule has 0 atom stereocenters. The highest BCUT2D eigenvalue weighted by atomic mass is 15.3. The molecule has 1 radical (unpaired) electrons. The van der Waals surface area contributed by atoms with E-state index in [9.17, 15) is 0 Å². The topological polar surface area (TPSA) is 56.7 Å². The van der Waals surface area contributed by atoms with Gasteiger partial charge in [0.1, 0.15) is 11.3 Å². The zero-order valence-corrected chi connectivity index (χ0v) is 9.15. The van der Waals surface area contributed by atoms with Crippen molar-refractivity contribution in [3.63, 3.8) is 0 Å². The Morgan fingerprint density at radius 1 is 1.38 bits per heavy atom. The summed E-state index contributed by atoms with van der Waals surface area (Å²) < 4.78 is 1.75. The first-order valence-corrected chi connectivity index (χ1v) is 5.06. The first-order valence-electron chi connectivity index (χ1n) is 5.06. The Kier molecular flexibility index (Phi) is 1.68. The van der Waals surface area contributed by atoms with Gasteiger partial charge >= 0.3 is 0 Å². The van der Waals surface area contributed by atoms with Crippen LogP contribution in [0.4, 0.5) is 5.82 Å². The molecule has 0 aliphatic carbocycles. The number of nitrogens with zero attached hydrogens (tertiary/aromatic N) is 3. The minimum absolute atomic E-state index is 0.521. The van der Waals surface area contributed by atoms with E-state index in [2.05, 4.69) is 16.1 Å². The van der Waals surface area contributed by atoms with Crippen molar-refractivity contribution in [1.82, 2.24) is 14.8 Å².